The van der Waals surface area contributed by atoms with Gasteiger partial charge in [0.2, 0.25) is 0 Å². The zero-order valence-corrected chi connectivity index (χ0v) is 28.3. The molecule has 1 aliphatic heterocycles. The fourth-order valence-corrected chi connectivity index (χ4v) is 5.06. The predicted molar refractivity (Wildman–Crippen MR) is 181 cm³/mol. The van der Waals surface area contributed by atoms with E-state index in [-0.39, 0.29) is 19.1 Å². The summed E-state index contributed by atoms with van der Waals surface area (Å²) >= 11 is 6.01. The number of nitrogens with one attached hydrogen (secondary N) is 2. The maximum Gasteiger partial charge on any atom is 0.412 e. The van der Waals surface area contributed by atoms with Gasteiger partial charge in [-0.15, -0.1) is 0 Å². The van der Waals surface area contributed by atoms with Crippen molar-refractivity contribution < 1.29 is 38.0 Å². The Morgan fingerprint density at radius 3 is 2.38 bits per heavy atom. The van der Waals surface area contributed by atoms with Gasteiger partial charge in [-0.3, -0.25) is 10.6 Å². The SMILES string of the molecule is CCCO[C@@H]1[C@@H](OCc2ccccc2C)[C@H](OCC(C)C)O[C@H](COC(=O)Nc2cccc(C#N)c2)[C@H]1OC(=O)Nc1ccc(Cl)cc1. The van der Waals surface area contributed by atoms with Crippen LogP contribution in [-0.2, 0) is 35.0 Å². The van der Waals surface area contributed by atoms with Crippen LogP contribution in [-0.4, -0.2) is 62.7 Å². The summed E-state index contributed by atoms with van der Waals surface area (Å²) in [7, 11) is 0. The van der Waals surface area contributed by atoms with Crippen LogP contribution in [0.5, 0.6) is 0 Å². The van der Waals surface area contributed by atoms with Gasteiger partial charge in [0.1, 0.15) is 24.9 Å². The van der Waals surface area contributed by atoms with Crippen molar-refractivity contribution in [3.63, 3.8) is 0 Å². The third-order valence-corrected chi connectivity index (χ3v) is 7.59. The Morgan fingerprint density at radius 1 is 0.917 bits per heavy atom. The van der Waals surface area contributed by atoms with E-state index in [1.807, 2.05) is 58.0 Å². The van der Waals surface area contributed by atoms with Crippen LogP contribution in [0.15, 0.2) is 72.8 Å². The van der Waals surface area contributed by atoms with E-state index in [4.69, 9.17) is 40.0 Å². The van der Waals surface area contributed by atoms with Crippen molar-refractivity contribution in [2.75, 3.05) is 30.5 Å². The van der Waals surface area contributed by atoms with E-state index in [9.17, 15) is 14.9 Å². The minimum absolute atomic E-state index is 0.171. The average molecular weight is 680 g/mol. The number of carbonyl (C=O) groups excluding carboxylic acids is 2. The Kier molecular flexibility index (Phi) is 14.0. The number of hydrogen-bond acceptors (Lipinski definition) is 9. The molecule has 0 saturated carbocycles. The van der Waals surface area contributed by atoms with Crippen molar-refractivity contribution >= 4 is 35.2 Å². The molecule has 1 heterocycles. The summed E-state index contributed by atoms with van der Waals surface area (Å²) < 4.78 is 37.0. The number of amides is 2. The van der Waals surface area contributed by atoms with Gasteiger partial charge in [-0.2, -0.15) is 5.26 Å². The van der Waals surface area contributed by atoms with Gasteiger partial charge in [0.15, 0.2) is 12.4 Å². The van der Waals surface area contributed by atoms with E-state index >= 15 is 0 Å². The number of aryl methyl sites for hydroxylation is 1. The third-order valence-electron chi connectivity index (χ3n) is 7.34. The van der Waals surface area contributed by atoms with Gasteiger partial charge in [-0.25, -0.2) is 9.59 Å². The number of ether oxygens (including phenoxy) is 6. The van der Waals surface area contributed by atoms with Gasteiger partial charge in [-0.05, 0) is 72.9 Å². The van der Waals surface area contributed by atoms with Crippen LogP contribution < -0.4 is 10.6 Å². The highest BCUT2D eigenvalue weighted by molar-refractivity contribution is 6.30. The van der Waals surface area contributed by atoms with E-state index in [1.165, 1.54) is 6.07 Å². The minimum atomic E-state index is -1.08. The summed E-state index contributed by atoms with van der Waals surface area (Å²) in [5.41, 5.74) is 3.24. The smallest absolute Gasteiger partial charge is 0.412 e. The van der Waals surface area contributed by atoms with Crippen LogP contribution in [0.1, 0.15) is 43.9 Å². The lowest BCUT2D eigenvalue weighted by Crippen LogP contribution is -2.62. The molecule has 3 aromatic rings. The zero-order chi connectivity index (χ0) is 34.5. The normalized spacial score (nSPS) is 20.5. The monoisotopic (exact) mass is 679 g/mol. The van der Waals surface area contributed by atoms with Crippen molar-refractivity contribution in [3.8, 4) is 6.07 Å². The molecular weight excluding hydrogens is 638 g/mol. The highest BCUT2D eigenvalue weighted by Gasteiger charge is 2.51. The molecule has 48 heavy (non-hydrogen) atoms. The summed E-state index contributed by atoms with van der Waals surface area (Å²) in [6.07, 6.45) is -5.61. The molecule has 0 bridgehead atoms. The maximum atomic E-state index is 13.3. The molecule has 5 atom stereocenters. The fraction of sp³-hybridized carbons (Fsp3) is 0.417. The van der Waals surface area contributed by atoms with Crippen molar-refractivity contribution in [3.05, 3.63) is 94.5 Å². The second kappa shape index (κ2) is 18.4. The molecule has 1 aliphatic rings. The van der Waals surface area contributed by atoms with Gasteiger partial charge >= 0.3 is 12.2 Å². The van der Waals surface area contributed by atoms with E-state index in [0.717, 1.165) is 11.1 Å². The quantitative estimate of drug-likeness (QED) is 0.178. The number of anilines is 2. The summed E-state index contributed by atoms with van der Waals surface area (Å²) in [6.45, 7) is 8.56. The second-order valence-corrected chi connectivity index (χ2v) is 12.2. The van der Waals surface area contributed by atoms with Gasteiger partial charge in [0.25, 0.3) is 0 Å². The molecule has 2 N–H and O–H groups in total. The van der Waals surface area contributed by atoms with Crippen molar-refractivity contribution in [1.29, 1.82) is 5.26 Å². The molecule has 0 spiro atoms. The molecular formula is C36H42ClN3O8. The van der Waals surface area contributed by atoms with Crippen molar-refractivity contribution in [1.82, 2.24) is 0 Å². The van der Waals surface area contributed by atoms with Crippen LogP contribution in [0, 0.1) is 24.2 Å². The van der Waals surface area contributed by atoms with E-state index < -0.39 is 42.9 Å². The number of hydrogen-bond donors (Lipinski definition) is 2. The highest BCUT2D eigenvalue weighted by atomic mass is 35.5. The summed E-state index contributed by atoms with van der Waals surface area (Å²) in [5.74, 6) is 0.171. The van der Waals surface area contributed by atoms with E-state index in [1.54, 1.807) is 42.5 Å². The molecule has 0 aliphatic carbocycles. The molecule has 0 unspecified atom stereocenters. The molecule has 0 aromatic heterocycles. The molecule has 12 heteroatoms. The number of benzene rings is 3. The van der Waals surface area contributed by atoms with Crippen LogP contribution in [0.25, 0.3) is 0 Å². The van der Waals surface area contributed by atoms with E-state index in [2.05, 4.69) is 10.6 Å². The first-order valence-corrected chi connectivity index (χ1v) is 16.3. The predicted octanol–water partition coefficient (Wildman–Crippen LogP) is 7.46. The molecule has 1 fully saturated rings. The molecule has 0 radical (unpaired) electrons. The van der Waals surface area contributed by atoms with Gasteiger partial charge < -0.3 is 28.4 Å². The van der Waals surface area contributed by atoms with Gasteiger partial charge in [-0.1, -0.05) is 62.7 Å². The molecule has 256 valence electrons. The van der Waals surface area contributed by atoms with Crippen LogP contribution in [0.2, 0.25) is 5.02 Å². The Balaban J connectivity index is 1.61. The molecule has 1 saturated heterocycles. The lowest BCUT2D eigenvalue weighted by molar-refractivity contribution is -0.318. The summed E-state index contributed by atoms with van der Waals surface area (Å²) in [5, 5.41) is 15.0. The largest absolute Gasteiger partial charge is 0.446 e. The van der Waals surface area contributed by atoms with Gasteiger partial charge in [0, 0.05) is 23.0 Å². The van der Waals surface area contributed by atoms with Crippen molar-refractivity contribution in [2.45, 2.75) is 71.4 Å². The summed E-state index contributed by atoms with van der Waals surface area (Å²) in [4.78, 5) is 26.2. The van der Waals surface area contributed by atoms with Crippen LogP contribution in [0.4, 0.5) is 21.0 Å². The first-order valence-electron chi connectivity index (χ1n) is 15.9. The Labute approximate surface area is 286 Å². The lowest BCUT2D eigenvalue weighted by Gasteiger charge is -2.45. The van der Waals surface area contributed by atoms with E-state index in [0.29, 0.717) is 41.6 Å². The Morgan fingerprint density at radius 2 is 1.67 bits per heavy atom. The molecule has 3 aromatic carbocycles. The second-order valence-electron chi connectivity index (χ2n) is 11.7. The highest BCUT2D eigenvalue weighted by Crippen LogP contribution is 2.31. The molecule has 11 nitrogen and oxygen atoms in total. The van der Waals surface area contributed by atoms with Crippen LogP contribution >= 0.6 is 11.6 Å². The number of halogens is 1. The van der Waals surface area contributed by atoms with Crippen LogP contribution in [0.3, 0.4) is 0 Å². The van der Waals surface area contributed by atoms with Gasteiger partial charge in [0.05, 0.1) is 24.8 Å². The molecule has 2 amide bonds. The lowest BCUT2D eigenvalue weighted by atomic mass is 9.98. The first-order chi connectivity index (χ1) is 23.2. The third kappa shape index (κ3) is 10.9. The minimum Gasteiger partial charge on any atom is -0.446 e. The standard InChI is InChI=1S/C36H42ClN3O8/c1-5-17-43-32-31(48-36(42)39-28-15-13-27(37)14-16-28)30(22-46-35(41)40-29-12-8-10-25(18-29)19-38)47-34(45-20-23(2)3)33(32)44-21-26-11-7-6-9-24(26)4/h6-16,18,23,30-34H,5,17,20-22H2,1-4H3,(H,39,42)(H,40,41)/t30-,31-,32+,33-,34-/m1/s1. The average Bonchev–Trinajstić information content (AvgIpc) is 3.07. The topological polar surface area (TPSA) is 137 Å². The number of rotatable bonds is 14. The Bertz CT molecular complexity index is 1530. The number of nitrogens with zero attached hydrogens (tertiary/aromatic N) is 1. The molecule has 4 rings (SSSR count). The fourth-order valence-electron chi connectivity index (χ4n) is 4.94. The number of carbonyl (C=O) groups is 2. The van der Waals surface area contributed by atoms with Crippen molar-refractivity contribution in [2.24, 2.45) is 5.92 Å². The Hall–Kier alpha value is -4.18. The summed E-state index contributed by atoms with van der Waals surface area (Å²) in [6, 6.07) is 22.9. The first kappa shape index (κ1) is 36.7. The number of nitriles is 1. The zero-order valence-electron chi connectivity index (χ0n) is 27.5. The maximum absolute atomic E-state index is 13.3.